The lowest BCUT2D eigenvalue weighted by Gasteiger charge is -2.30. The highest BCUT2D eigenvalue weighted by Crippen LogP contribution is 2.40. The lowest BCUT2D eigenvalue weighted by molar-refractivity contribution is -0.00891. The summed E-state index contributed by atoms with van der Waals surface area (Å²) in [7, 11) is 0. The Labute approximate surface area is 111 Å². The predicted molar refractivity (Wildman–Crippen MR) is 71.8 cm³/mol. The molecule has 1 atom stereocenters. The molecule has 2 aromatic heterocycles. The second-order valence-electron chi connectivity index (χ2n) is 6.05. The van der Waals surface area contributed by atoms with E-state index in [9.17, 15) is 5.11 Å². The Balaban J connectivity index is 2.02. The molecular weight excluding hydrogens is 244 g/mol. The van der Waals surface area contributed by atoms with Crippen LogP contribution < -0.4 is 10.6 Å². The molecule has 0 spiro atoms. The third kappa shape index (κ3) is 1.73. The van der Waals surface area contributed by atoms with Gasteiger partial charge in [0.05, 0.1) is 5.60 Å². The van der Waals surface area contributed by atoms with Crippen molar-refractivity contribution in [2.45, 2.75) is 26.4 Å². The molecule has 7 nitrogen and oxygen atoms in total. The van der Waals surface area contributed by atoms with E-state index < -0.39 is 5.60 Å². The molecule has 0 saturated carbocycles. The van der Waals surface area contributed by atoms with Gasteiger partial charge in [-0.1, -0.05) is 13.8 Å². The zero-order valence-corrected chi connectivity index (χ0v) is 11.3. The molecular formula is C12H18N6O. The maximum absolute atomic E-state index is 10.5. The Morgan fingerprint density at radius 2 is 2.05 bits per heavy atom. The highest BCUT2D eigenvalue weighted by atomic mass is 16.3. The van der Waals surface area contributed by atoms with Crippen LogP contribution in [0, 0.1) is 5.41 Å². The molecule has 102 valence electrons. The molecule has 3 heterocycles. The zero-order valence-electron chi connectivity index (χ0n) is 11.3. The normalized spacial score (nSPS) is 26.2. The third-order valence-corrected chi connectivity index (χ3v) is 4.18. The largest absolute Gasteiger partial charge is 0.388 e. The summed E-state index contributed by atoms with van der Waals surface area (Å²) in [6.07, 6.45) is 1.53. The van der Waals surface area contributed by atoms with Gasteiger partial charge in [-0.15, -0.1) is 10.2 Å². The van der Waals surface area contributed by atoms with Crippen molar-refractivity contribution >= 4 is 17.4 Å². The Bertz CT molecular complexity index is 616. The van der Waals surface area contributed by atoms with Gasteiger partial charge in [0.15, 0.2) is 5.65 Å². The summed E-state index contributed by atoms with van der Waals surface area (Å²) in [5.74, 6) is 1.07. The fraction of sp³-hybridized carbons (Fsp3) is 0.583. The molecule has 0 radical (unpaired) electrons. The molecule has 0 bridgehead atoms. The minimum atomic E-state index is -0.761. The number of nitrogen functional groups attached to an aromatic ring is 1. The number of anilines is 2. The molecule has 2 aromatic rings. The quantitative estimate of drug-likeness (QED) is 0.768. The molecule has 1 aliphatic heterocycles. The van der Waals surface area contributed by atoms with Crippen LogP contribution in [0.1, 0.15) is 20.8 Å². The fourth-order valence-electron chi connectivity index (χ4n) is 2.45. The summed E-state index contributed by atoms with van der Waals surface area (Å²) >= 11 is 0. The second-order valence-corrected chi connectivity index (χ2v) is 6.05. The maximum atomic E-state index is 10.5. The van der Waals surface area contributed by atoms with Crippen molar-refractivity contribution in [3.8, 4) is 0 Å². The summed E-state index contributed by atoms with van der Waals surface area (Å²) in [5, 5.41) is 18.3. The summed E-state index contributed by atoms with van der Waals surface area (Å²) in [4.78, 5) is 6.40. The Kier molecular flexibility index (Phi) is 2.28. The zero-order chi connectivity index (χ0) is 13.8. The van der Waals surface area contributed by atoms with Crippen LogP contribution in [-0.2, 0) is 0 Å². The van der Waals surface area contributed by atoms with Crippen molar-refractivity contribution in [3.05, 3.63) is 12.4 Å². The van der Waals surface area contributed by atoms with Crippen LogP contribution in [0.5, 0.6) is 0 Å². The fourth-order valence-corrected chi connectivity index (χ4v) is 2.45. The van der Waals surface area contributed by atoms with E-state index in [0.29, 0.717) is 18.1 Å². The molecule has 0 unspecified atom stereocenters. The Morgan fingerprint density at radius 1 is 1.32 bits per heavy atom. The van der Waals surface area contributed by atoms with Crippen molar-refractivity contribution in [1.29, 1.82) is 0 Å². The van der Waals surface area contributed by atoms with Crippen LogP contribution in [0.4, 0.5) is 11.8 Å². The van der Waals surface area contributed by atoms with Crippen LogP contribution in [0.3, 0.4) is 0 Å². The van der Waals surface area contributed by atoms with Gasteiger partial charge in [-0.25, -0.2) is 0 Å². The van der Waals surface area contributed by atoms with Gasteiger partial charge >= 0.3 is 0 Å². The molecule has 1 aliphatic rings. The van der Waals surface area contributed by atoms with E-state index in [1.54, 1.807) is 4.40 Å². The van der Waals surface area contributed by atoms with Gasteiger partial charge in [-0.05, 0) is 6.92 Å². The van der Waals surface area contributed by atoms with E-state index in [1.165, 1.54) is 6.33 Å². The van der Waals surface area contributed by atoms with E-state index in [1.807, 2.05) is 31.7 Å². The van der Waals surface area contributed by atoms with Crippen molar-refractivity contribution in [3.63, 3.8) is 0 Å². The Hall–Kier alpha value is -1.89. The first-order valence-corrected chi connectivity index (χ1v) is 6.24. The predicted octanol–water partition coefficient (Wildman–Crippen LogP) is 0.304. The first-order chi connectivity index (χ1) is 8.80. The first kappa shape index (κ1) is 12.2. The maximum Gasteiger partial charge on any atom is 0.209 e. The number of aliphatic hydroxyl groups is 1. The highest BCUT2D eigenvalue weighted by Gasteiger charge is 2.48. The van der Waals surface area contributed by atoms with E-state index >= 15 is 0 Å². The standard InChI is InChI=1S/C12H18N6O/c1-11(2)5-17(6-12(11,3)19)8-4-9-16-14-7-18(9)10(13)15-8/h4,7,19H,5-6H2,1-3H3,(H2,13,15)/t12-/m1/s1. The van der Waals surface area contributed by atoms with Crippen molar-refractivity contribution in [2.75, 3.05) is 23.7 Å². The van der Waals surface area contributed by atoms with Crippen LogP contribution in [-0.4, -0.2) is 43.4 Å². The van der Waals surface area contributed by atoms with Gasteiger partial charge in [0.1, 0.15) is 12.1 Å². The van der Waals surface area contributed by atoms with Crippen molar-refractivity contribution in [2.24, 2.45) is 5.41 Å². The summed E-state index contributed by atoms with van der Waals surface area (Å²) in [5.41, 5.74) is 5.58. The van der Waals surface area contributed by atoms with E-state index in [2.05, 4.69) is 15.2 Å². The van der Waals surface area contributed by atoms with Gasteiger partial charge in [0, 0.05) is 24.6 Å². The van der Waals surface area contributed by atoms with Gasteiger partial charge in [-0.3, -0.25) is 4.40 Å². The van der Waals surface area contributed by atoms with Crippen LogP contribution in [0.15, 0.2) is 12.4 Å². The van der Waals surface area contributed by atoms with Gasteiger partial charge < -0.3 is 15.7 Å². The monoisotopic (exact) mass is 262 g/mol. The van der Waals surface area contributed by atoms with Crippen molar-refractivity contribution in [1.82, 2.24) is 19.6 Å². The minimum absolute atomic E-state index is 0.205. The molecule has 1 saturated heterocycles. The number of β-amino-alcohol motifs (C(OH)–C–C–N with tert-alkyl or cyclic N) is 1. The number of aromatic nitrogens is 4. The first-order valence-electron chi connectivity index (χ1n) is 6.24. The third-order valence-electron chi connectivity index (χ3n) is 4.18. The lowest BCUT2D eigenvalue weighted by Crippen LogP contribution is -2.40. The molecule has 3 rings (SSSR count). The number of nitrogens with two attached hydrogens (primary N) is 1. The lowest BCUT2D eigenvalue weighted by atomic mass is 9.79. The van der Waals surface area contributed by atoms with Crippen LogP contribution in [0.2, 0.25) is 0 Å². The number of fused-ring (bicyclic) bond motifs is 1. The number of rotatable bonds is 1. The summed E-state index contributed by atoms with van der Waals surface area (Å²) in [6, 6.07) is 1.83. The number of hydrogen-bond donors (Lipinski definition) is 2. The van der Waals surface area contributed by atoms with Gasteiger partial charge in [0.2, 0.25) is 5.95 Å². The average Bonchev–Trinajstić information content (AvgIpc) is 2.82. The number of hydrogen-bond acceptors (Lipinski definition) is 6. The molecule has 1 fully saturated rings. The van der Waals surface area contributed by atoms with Crippen LogP contribution >= 0.6 is 0 Å². The van der Waals surface area contributed by atoms with Crippen molar-refractivity contribution < 1.29 is 5.11 Å². The van der Waals surface area contributed by atoms with Gasteiger partial charge in [0.25, 0.3) is 0 Å². The molecule has 3 N–H and O–H groups in total. The minimum Gasteiger partial charge on any atom is -0.388 e. The SMILES string of the molecule is CC1(C)CN(c2cc3nncn3c(N)n2)C[C@@]1(C)O. The van der Waals surface area contributed by atoms with Gasteiger partial charge in [-0.2, -0.15) is 4.98 Å². The molecule has 0 amide bonds. The summed E-state index contributed by atoms with van der Waals surface area (Å²) < 4.78 is 1.63. The Morgan fingerprint density at radius 3 is 2.68 bits per heavy atom. The topological polar surface area (TPSA) is 92.6 Å². The van der Waals surface area contributed by atoms with E-state index in [-0.39, 0.29) is 5.41 Å². The number of nitrogens with zero attached hydrogens (tertiary/aromatic N) is 5. The molecule has 19 heavy (non-hydrogen) atoms. The average molecular weight is 262 g/mol. The molecule has 0 aromatic carbocycles. The second kappa shape index (κ2) is 3.57. The summed E-state index contributed by atoms with van der Waals surface area (Å²) in [6.45, 7) is 7.19. The molecule has 7 heteroatoms. The van der Waals surface area contributed by atoms with E-state index in [4.69, 9.17) is 5.73 Å². The molecule has 0 aliphatic carbocycles. The highest BCUT2D eigenvalue weighted by molar-refractivity contribution is 5.56. The smallest absolute Gasteiger partial charge is 0.209 e. The van der Waals surface area contributed by atoms with E-state index in [0.717, 1.165) is 12.4 Å². The van der Waals surface area contributed by atoms with Crippen LogP contribution in [0.25, 0.3) is 5.65 Å².